The number of carboxylic acids is 1. The van der Waals surface area contributed by atoms with Gasteiger partial charge in [-0.25, -0.2) is 0 Å². The van der Waals surface area contributed by atoms with Gasteiger partial charge in [-0.15, -0.1) is 0 Å². The first-order valence-corrected chi connectivity index (χ1v) is 14.5. The normalized spacial score (nSPS) is 16.3. The van der Waals surface area contributed by atoms with Gasteiger partial charge in [0.1, 0.15) is 11.4 Å². The van der Waals surface area contributed by atoms with Gasteiger partial charge >= 0.3 is 5.97 Å². The van der Waals surface area contributed by atoms with Gasteiger partial charge in [0.2, 0.25) is 0 Å². The predicted octanol–water partition coefficient (Wildman–Crippen LogP) is 7.38. The summed E-state index contributed by atoms with van der Waals surface area (Å²) >= 11 is 0. The summed E-state index contributed by atoms with van der Waals surface area (Å²) < 4.78 is 6.40. The molecule has 0 spiro atoms. The summed E-state index contributed by atoms with van der Waals surface area (Å²) in [4.78, 5) is 26.6. The van der Waals surface area contributed by atoms with E-state index in [9.17, 15) is 14.7 Å². The van der Waals surface area contributed by atoms with Crippen molar-refractivity contribution in [2.75, 3.05) is 6.54 Å². The van der Waals surface area contributed by atoms with E-state index in [4.69, 9.17) is 4.74 Å². The quantitative estimate of drug-likeness (QED) is 0.275. The molecule has 1 atom stereocenters. The van der Waals surface area contributed by atoms with E-state index in [0.29, 0.717) is 18.5 Å². The third kappa shape index (κ3) is 7.53. The van der Waals surface area contributed by atoms with Crippen LogP contribution in [0.2, 0.25) is 0 Å². The van der Waals surface area contributed by atoms with Crippen LogP contribution >= 0.6 is 0 Å². The van der Waals surface area contributed by atoms with E-state index in [1.54, 1.807) is 11.0 Å². The molecule has 1 N–H and O–H groups in total. The first-order valence-electron chi connectivity index (χ1n) is 14.5. The molecule has 0 aromatic heterocycles. The van der Waals surface area contributed by atoms with Crippen LogP contribution in [0.25, 0.3) is 0 Å². The van der Waals surface area contributed by atoms with Crippen molar-refractivity contribution in [3.8, 4) is 5.75 Å². The largest absolute Gasteiger partial charge is 0.487 e. The molecule has 0 saturated heterocycles. The fourth-order valence-electron chi connectivity index (χ4n) is 5.39. The number of nitrogens with zero attached hydrogens (tertiary/aromatic N) is 1. The van der Waals surface area contributed by atoms with E-state index in [2.05, 4.69) is 71.0 Å². The van der Waals surface area contributed by atoms with Gasteiger partial charge in [0.05, 0.1) is 6.42 Å². The maximum absolute atomic E-state index is 13.6. The Hall–Kier alpha value is -3.60. The molecule has 1 amide bonds. The molecule has 3 aromatic carbocycles. The molecule has 5 heteroatoms. The minimum Gasteiger partial charge on any atom is -0.487 e. The van der Waals surface area contributed by atoms with Gasteiger partial charge in [0.25, 0.3) is 5.91 Å². The highest BCUT2D eigenvalue weighted by molar-refractivity contribution is 5.95. The Labute approximate surface area is 239 Å². The number of aryl methyl sites for hydroxylation is 1. The molecule has 0 fully saturated rings. The highest BCUT2D eigenvalue weighted by Crippen LogP contribution is 2.38. The molecule has 0 bridgehead atoms. The van der Waals surface area contributed by atoms with Gasteiger partial charge in [0.15, 0.2) is 0 Å². The second-order valence-corrected chi connectivity index (χ2v) is 12.5. The van der Waals surface area contributed by atoms with Crippen LogP contribution in [0.4, 0.5) is 0 Å². The Morgan fingerprint density at radius 2 is 1.60 bits per heavy atom. The number of aliphatic carboxylic acids is 1. The van der Waals surface area contributed by atoms with Crippen molar-refractivity contribution in [2.45, 2.75) is 90.7 Å². The van der Waals surface area contributed by atoms with E-state index >= 15 is 0 Å². The number of amides is 1. The third-order valence-corrected chi connectivity index (χ3v) is 7.72. The summed E-state index contributed by atoms with van der Waals surface area (Å²) in [7, 11) is 0. The lowest BCUT2D eigenvalue weighted by Crippen LogP contribution is -2.33. The smallest absolute Gasteiger partial charge is 0.305 e. The van der Waals surface area contributed by atoms with E-state index < -0.39 is 11.6 Å². The number of benzene rings is 3. The predicted molar refractivity (Wildman–Crippen MR) is 160 cm³/mol. The Morgan fingerprint density at radius 1 is 0.950 bits per heavy atom. The number of ether oxygens (including phenoxy) is 1. The summed E-state index contributed by atoms with van der Waals surface area (Å²) in [5, 5.41) is 9.31. The van der Waals surface area contributed by atoms with Crippen molar-refractivity contribution >= 4 is 11.9 Å². The number of hydrogen-bond donors (Lipinski definition) is 1. The van der Waals surface area contributed by atoms with Crippen molar-refractivity contribution in [1.29, 1.82) is 0 Å². The molecule has 1 unspecified atom stereocenters. The van der Waals surface area contributed by atoms with Crippen LogP contribution in [0.1, 0.15) is 92.1 Å². The minimum atomic E-state index is -0.915. The third-order valence-electron chi connectivity index (χ3n) is 7.72. The Balaban J connectivity index is 1.47. The summed E-state index contributed by atoms with van der Waals surface area (Å²) in [5.74, 6) is -0.267. The number of rotatable bonds is 11. The summed E-state index contributed by atoms with van der Waals surface area (Å²) in [5.41, 5.74) is 6.09. The van der Waals surface area contributed by atoms with E-state index in [0.717, 1.165) is 42.6 Å². The molecule has 0 aliphatic carbocycles. The highest BCUT2D eigenvalue weighted by atomic mass is 16.5. The van der Waals surface area contributed by atoms with Crippen molar-refractivity contribution in [2.24, 2.45) is 0 Å². The second kappa shape index (κ2) is 12.3. The van der Waals surface area contributed by atoms with E-state index in [-0.39, 0.29) is 24.3 Å². The molecule has 0 saturated carbocycles. The number of unbranched alkanes of at least 4 members (excludes halogenated alkanes) is 1. The average molecular weight is 542 g/mol. The minimum absolute atomic E-state index is 0.0968. The number of fused-ring (bicyclic) bond motifs is 1. The highest BCUT2D eigenvalue weighted by Gasteiger charge is 2.35. The first kappa shape index (κ1) is 29.4. The molecular weight excluding hydrogens is 498 g/mol. The molecule has 5 nitrogen and oxygen atoms in total. The van der Waals surface area contributed by atoms with Crippen molar-refractivity contribution in [3.05, 3.63) is 100 Å². The number of hydrogen-bond acceptors (Lipinski definition) is 3. The lowest BCUT2D eigenvalue weighted by molar-refractivity contribution is -0.137. The molecule has 4 rings (SSSR count). The number of carbonyl (C=O) groups is 2. The zero-order valence-electron chi connectivity index (χ0n) is 24.6. The molecular formula is C35H43NO4. The molecule has 1 aliphatic rings. The average Bonchev–Trinajstić information content (AvgIpc) is 3.24. The molecule has 40 heavy (non-hydrogen) atoms. The zero-order chi connectivity index (χ0) is 28.9. The maximum atomic E-state index is 13.6. The van der Waals surface area contributed by atoms with Crippen LogP contribution in [0.3, 0.4) is 0 Å². The van der Waals surface area contributed by atoms with Gasteiger partial charge < -0.3 is 14.7 Å². The molecule has 212 valence electrons. The number of carboxylic acid groups (broad SMARTS) is 1. The summed E-state index contributed by atoms with van der Waals surface area (Å²) in [6, 6.07) is 22.7. The van der Waals surface area contributed by atoms with Crippen LogP contribution in [-0.2, 0) is 36.0 Å². The monoisotopic (exact) mass is 541 g/mol. The van der Waals surface area contributed by atoms with E-state index in [1.807, 2.05) is 24.3 Å². The van der Waals surface area contributed by atoms with Crippen LogP contribution in [0.15, 0.2) is 66.7 Å². The second-order valence-electron chi connectivity index (χ2n) is 12.5. The van der Waals surface area contributed by atoms with Gasteiger partial charge in [-0.2, -0.15) is 0 Å². The van der Waals surface area contributed by atoms with Crippen LogP contribution < -0.4 is 4.74 Å². The zero-order valence-corrected chi connectivity index (χ0v) is 24.6. The maximum Gasteiger partial charge on any atom is 0.305 e. The lowest BCUT2D eigenvalue weighted by atomic mass is 9.85. The Morgan fingerprint density at radius 3 is 2.23 bits per heavy atom. The van der Waals surface area contributed by atoms with Gasteiger partial charge in [-0.05, 0) is 71.2 Å². The van der Waals surface area contributed by atoms with Crippen molar-refractivity contribution < 1.29 is 19.4 Å². The molecule has 1 aliphatic heterocycles. The Bertz CT molecular complexity index is 1320. The fourth-order valence-corrected chi connectivity index (χ4v) is 5.39. The molecule has 0 radical (unpaired) electrons. The summed E-state index contributed by atoms with van der Waals surface area (Å²) in [6.07, 6.45) is 4.71. The van der Waals surface area contributed by atoms with Crippen molar-refractivity contribution in [3.63, 3.8) is 0 Å². The summed E-state index contributed by atoms with van der Waals surface area (Å²) in [6.45, 7) is 11.5. The molecule has 3 aromatic rings. The van der Waals surface area contributed by atoms with Gasteiger partial charge in [-0.1, -0.05) is 82.6 Å². The molecule has 1 heterocycles. The number of carbonyl (C=O) groups excluding carboxylic acids is 1. The van der Waals surface area contributed by atoms with Gasteiger partial charge in [-0.3, -0.25) is 9.59 Å². The Kier molecular flexibility index (Phi) is 9.02. The van der Waals surface area contributed by atoms with Crippen LogP contribution in [-0.4, -0.2) is 34.0 Å². The van der Waals surface area contributed by atoms with Gasteiger partial charge in [0, 0.05) is 31.5 Å². The fraction of sp³-hybridized carbons (Fsp3) is 0.429. The SMILES string of the molecule is CCCCc1ccc(CN(CCC(=O)O)C(=O)c2ccc3c(c2)CC(C)(Cc2ccc(C(C)(C)C)cc2)O3)cc1. The van der Waals surface area contributed by atoms with Crippen LogP contribution in [0, 0.1) is 0 Å². The standard InChI is InChI=1S/C35H43NO4/c1-6-7-8-25-9-11-27(12-10-25)24-36(20-19-32(37)38)33(39)28-15-18-31-29(21-28)23-35(5,40-31)22-26-13-16-30(17-14-26)34(2,3)4/h9-18,21H,6-8,19-20,22-24H2,1-5H3,(H,37,38). The van der Waals surface area contributed by atoms with Crippen molar-refractivity contribution in [1.82, 2.24) is 4.90 Å². The van der Waals surface area contributed by atoms with Crippen LogP contribution in [0.5, 0.6) is 5.75 Å². The lowest BCUT2D eigenvalue weighted by Gasteiger charge is -2.25. The van der Waals surface area contributed by atoms with E-state index in [1.165, 1.54) is 16.7 Å². The first-order chi connectivity index (χ1) is 19.0. The topological polar surface area (TPSA) is 66.8 Å².